The third kappa shape index (κ3) is 4.85. The third-order valence-electron chi connectivity index (χ3n) is 4.29. The van der Waals surface area contributed by atoms with E-state index in [0.717, 1.165) is 32.8 Å². The Hall–Kier alpha value is -2.42. The summed E-state index contributed by atoms with van der Waals surface area (Å²) in [6.45, 7) is 4.36. The second-order valence-electron chi connectivity index (χ2n) is 6.07. The summed E-state index contributed by atoms with van der Waals surface area (Å²) >= 11 is 1.17. The monoisotopic (exact) mass is 391 g/mol. The molecule has 0 aliphatic carbocycles. The molecule has 1 fully saturated rings. The van der Waals surface area contributed by atoms with E-state index < -0.39 is 11.9 Å². The molecule has 0 spiro atoms. The Kier molecular flexibility index (Phi) is 6.44. The quantitative estimate of drug-likeness (QED) is 0.726. The van der Waals surface area contributed by atoms with Crippen LogP contribution in [0.25, 0.3) is 0 Å². The minimum Gasteiger partial charge on any atom is -0.488 e. The summed E-state index contributed by atoms with van der Waals surface area (Å²) < 4.78 is 15.8. The molecule has 7 nitrogen and oxygen atoms in total. The van der Waals surface area contributed by atoms with E-state index in [-0.39, 0.29) is 17.7 Å². The zero-order valence-corrected chi connectivity index (χ0v) is 15.8. The van der Waals surface area contributed by atoms with Crippen molar-refractivity contribution in [1.29, 1.82) is 0 Å². The van der Waals surface area contributed by atoms with E-state index >= 15 is 0 Å². The van der Waals surface area contributed by atoms with Gasteiger partial charge in [0.1, 0.15) is 12.4 Å². The predicted molar refractivity (Wildman–Crippen MR) is 99.5 cm³/mol. The molecule has 1 saturated heterocycles. The number of hydrogen-bond donors (Lipinski definition) is 1. The summed E-state index contributed by atoms with van der Waals surface area (Å²) in [5.41, 5.74) is 1.18. The average molecular weight is 391 g/mol. The molecule has 2 heterocycles. The van der Waals surface area contributed by atoms with E-state index in [4.69, 9.17) is 14.2 Å². The molecule has 0 atom stereocenters. The van der Waals surface area contributed by atoms with E-state index in [1.54, 1.807) is 0 Å². The minimum atomic E-state index is -1.16. The number of carboxylic acids is 1. The molecule has 1 aliphatic rings. The number of morpholine rings is 1. The van der Waals surface area contributed by atoms with Crippen molar-refractivity contribution in [1.82, 2.24) is 4.90 Å². The molecule has 8 heteroatoms. The Bertz CT molecular complexity index is 795. The first-order chi connectivity index (χ1) is 13.1. The lowest BCUT2D eigenvalue weighted by Gasteiger charge is -2.26. The van der Waals surface area contributed by atoms with Crippen LogP contribution in [0.3, 0.4) is 0 Å². The van der Waals surface area contributed by atoms with E-state index in [0.29, 0.717) is 10.6 Å². The number of ether oxygens (including phenoxy) is 3. The lowest BCUT2D eigenvalue weighted by molar-refractivity contribution is 0.0342. The maximum absolute atomic E-state index is 11.9. The zero-order valence-electron chi connectivity index (χ0n) is 15.0. The lowest BCUT2D eigenvalue weighted by atomic mass is 10.1. The second-order valence-corrected chi connectivity index (χ2v) is 7.03. The highest BCUT2D eigenvalue weighted by molar-refractivity contribution is 7.10. The second kappa shape index (κ2) is 8.98. The van der Waals surface area contributed by atoms with Crippen molar-refractivity contribution in [3.05, 3.63) is 51.2 Å². The number of nitrogens with zero attached hydrogens (tertiary/aromatic N) is 1. The van der Waals surface area contributed by atoms with Crippen molar-refractivity contribution in [3.63, 3.8) is 0 Å². The number of aromatic carboxylic acids is 1. The van der Waals surface area contributed by atoms with Crippen LogP contribution in [0.1, 0.15) is 31.2 Å². The molecule has 27 heavy (non-hydrogen) atoms. The molecule has 2 aromatic rings. The number of methoxy groups -OCH3 is 1. The molecule has 0 unspecified atom stereocenters. The SMILES string of the molecule is COC(=O)c1c(C(=O)O)csc1COc1ccc(CN2CCOCC2)cc1. The van der Waals surface area contributed by atoms with Crippen LogP contribution >= 0.6 is 11.3 Å². The first-order valence-corrected chi connectivity index (χ1v) is 9.40. The molecule has 0 saturated carbocycles. The van der Waals surface area contributed by atoms with Crippen LogP contribution in [0.15, 0.2) is 29.6 Å². The van der Waals surface area contributed by atoms with Gasteiger partial charge in [-0.05, 0) is 17.7 Å². The fourth-order valence-electron chi connectivity index (χ4n) is 2.84. The van der Waals surface area contributed by atoms with E-state index in [1.807, 2.05) is 24.3 Å². The topological polar surface area (TPSA) is 85.3 Å². The summed E-state index contributed by atoms with van der Waals surface area (Å²) in [6.07, 6.45) is 0. The fourth-order valence-corrected chi connectivity index (χ4v) is 3.76. The molecule has 0 amide bonds. The molecule has 144 valence electrons. The number of benzene rings is 1. The molecule has 0 bridgehead atoms. The first kappa shape index (κ1) is 19.3. The van der Waals surface area contributed by atoms with Gasteiger partial charge in [-0.25, -0.2) is 9.59 Å². The lowest BCUT2D eigenvalue weighted by Crippen LogP contribution is -2.35. The molecule has 1 aliphatic heterocycles. The van der Waals surface area contributed by atoms with Crippen molar-refractivity contribution in [3.8, 4) is 5.75 Å². The molecule has 1 aromatic carbocycles. The number of rotatable bonds is 7. The van der Waals surface area contributed by atoms with Crippen molar-refractivity contribution in [2.45, 2.75) is 13.2 Å². The van der Waals surface area contributed by atoms with Crippen LogP contribution in [0.5, 0.6) is 5.75 Å². The summed E-state index contributed by atoms with van der Waals surface area (Å²) in [4.78, 5) is 26.1. The number of hydrogen-bond acceptors (Lipinski definition) is 7. The Morgan fingerprint density at radius 3 is 2.56 bits per heavy atom. The van der Waals surface area contributed by atoms with Crippen molar-refractivity contribution < 1.29 is 28.9 Å². The molecule has 0 radical (unpaired) electrons. The molecule has 1 N–H and O–H groups in total. The summed E-state index contributed by atoms with van der Waals surface area (Å²) in [5.74, 6) is -1.18. The predicted octanol–water partition coefficient (Wildman–Crippen LogP) is 2.64. The maximum Gasteiger partial charge on any atom is 0.340 e. The highest BCUT2D eigenvalue weighted by Crippen LogP contribution is 2.26. The van der Waals surface area contributed by atoms with Crippen molar-refractivity contribution in [2.24, 2.45) is 0 Å². The summed E-state index contributed by atoms with van der Waals surface area (Å²) in [7, 11) is 1.23. The van der Waals surface area contributed by atoms with Gasteiger partial charge >= 0.3 is 11.9 Å². The van der Waals surface area contributed by atoms with Crippen molar-refractivity contribution in [2.75, 3.05) is 33.4 Å². The Morgan fingerprint density at radius 1 is 1.22 bits per heavy atom. The number of esters is 1. The normalized spacial score (nSPS) is 14.7. The van der Waals surface area contributed by atoms with Crippen molar-refractivity contribution >= 4 is 23.3 Å². The van der Waals surface area contributed by atoms with Crippen LogP contribution in [0, 0.1) is 0 Å². The van der Waals surface area contributed by atoms with Gasteiger partial charge in [0.2, 0.25) is 0 Å². The van der Waals surface area contributed by atoms with E-state index in [9.17, 15) is 14.7 Å². The third-order valence-corrected chi connectivity index (χ3v) is 5.25. The van der Waals surface area contributed by atoms with Gasteiger partial charge in [-0.2, -0.15) is 0 Å². The Morgan fingerprint density at radius 2 is 1.93 bits per heavy atom. The molecule has 3 rings (SSSR count). The van der Waals surface area contributed by atoms with Crippen LogP contribution < -0.4 is 4.74 Å². The van der Waals surface area contributed by atoms with Crippen LogP contribution in [0.2, 0.25) is 0 Å². The fraction of sp³-hybridized carbons (Fsp3) is 0.368. The maximum atomic E-state index is 11.9. The largest absolute Gasteiger partial charge is 0.488 e. The van der Waals surface area contributed by atoms with E-state index in [2.05, 4.69) is 4.90 Å². The van der Waals surface area contributed by atoms with Gasteiger partial charge in [0.15, 0.2) is 0 Å². The number of carbonyl (C=O) groups is 2. The van der Waals surface area contributed by atoms with Crippen LogP contribution in [-0.2, 0) is 22.6 Å². The summed E-state index contributed by atoms with van der Waals surface area (Å²) in [5, 5.41) is 10.6. The smallest absolute Gasteiger partial charge is 0.340 e. The Labute approximate surface area is 161 Å². The van der Waals surface area contributed by atoms with Crippen LogP contribution in [0.4, 0.5) is 0 Å². The number of carbonyl (C=O) groups excluding carboxylic acids is 1. The number of carboxylic acid groups (broad SMARTS) is 1. The van der Waals surface area contributed by atoms with Gasteiger partial charge in [0.25, 0.3) is 0 Å². The van der Waals surface area contributed by atoms with Gasteiger partial charge in [-0.3, -0.25) is 4.90 Å². The van der Waals surface area contributed by atoms with Gasteiger partial charge in [0, 0.05) is 25.0 Å². The standard InChI is InChI=1S/C19H21NO6S/c1-24-19(23)17-15(18(21)22)12-27-16(17)11-26-14-4-2-13(3-5-14)10-20-6-8-25-9-7-20/h2-5,12H,6-11H2,1H3,(H,21,22). The molecule has 1 aromatic heterocycles. The molecular weight excluding hydrogens is 370 g/mol. The van der Waals surface area contributed by atoms with Gasteiger partial charge in [0.05, 0.1) is 36.3 Å². The minimum absolute atomic E-state index is 0.0546. The number of thiophene rings is 1. The highest BCUT2D eigenvalue weighted by atomic mass is 32.1. The van der Waals surface area contributed by atoms with E-state index in [1.165, 1.54) is 29.4 Å². The molecular formula is C19H21NO6S. The highest BCUT2D eigenvalue weighted by Gasteiger charge is 2.24. The summed E-state index contributed by atoms with van der Waals surface area (Å²) in [6, 6.07) is 7.75. The first-order valence-electron chi connectivity index (χ1n) is 8.52. The van der Waals surface area contributed by atoms with Crippen LogP contribution in [-0.4, -0.2) is 55.4 Å². The Balaban J connectivity index is 1.63. The van der Waals surface area contributed by atoms with Gasteiger partial charge in [-0.1, -0.05) is 12.1 Å². The van der Waals surface area contributed by atoms with Gasteiger partial charge in [-0.15, -0.1) is 11.3 Å². The van der Waals surface area contributed by atoms with Gasteiger partial charge < -0.3 is 19.3 Å². The average Bonchev–Trinajstić information content (AvgIpc) is 3.12. The zero-order chi connectivity index (χ0) is 19.2.